The smallest absolute Gasteiger partial charge is 0.227 e. The van der Waals surface area contributed by atoms with Gasteiger partial charge in [0.05, 0.1) is 30.0 Å². The van der Waals surface area contributed by atoms with Gasteiger partial charge in [-0.2, -0.15) is 0 Å². The number of amides is 1. The lowest BCUT2D eigenvalue weighted by molar-refractivity contribution is -0.139. The molecular formula is C16H22N2O2S. The van der Waals surface area contributed by atoms with Crippen molar-refractivity contribution < 1.29 is 9.53 Å². The quantitative estimate of drug-likeness (QED) is 0.805. The number of ether oxygens (including phenoxy) is 1. The van der Waals surface area contributed by atoms with E-state index in [4.69, 9.17) is 4.74 Å². The fraction of sp³-hybridized carbons (Fsp3) is 0.625. The summed E-state index contributed by atoms with van der Waals surface area (Å²) >= 11 is 1.63. The van der Waals surface area contributed by atoms with Crippen molar-refractivity contribution in [3.8, 4) is 0 Å². The molecule has 1 unspecified atom stereocenters. The topological polar surface area (TPSA) is 42.4 Å². The summed E-state index contributed by atoms with van der Waals surface area (Å²) < 4.78 is 5.57. The highest BCUT2D eigenvalue weighted by Crippen LogP contribution is 2.28. The van der Waals surface area contributed by atoms with Gasteiger partial charge in [-0.1, -0.05) is 11.6 Å². The van der Waals surface area contributed by atoms with Crippen molar-refractivity contribution >= 4 is 17.2 Å². The number of nitrogens with zero attached hydrogens (tertiary/aromatic N) is 2. The molecule has 1 saturated heterocycles. The maximum atomic E-state index is 12.7. The lowest BCUT2D eigenvalue weighted by Crippen LogP contribution is -2.43. The average Bonchev–Trinajstić information content (AvgIpc) is 2.95. The SMILES string of the molecule is Cc1nc(C2COCCN2C(=O)CC2=CCCCC2)cs1. The number of hydrogen-bond acceptors (Lipinski definition) is 4. The van der Waals surface area contributed by atoms with Gasteiger partial charge in [0.1, 0.15) is 0 Å². The van der Waals surface area contributed by atoms with Gasteiger partial charge in [-0.3, -0.25) is 4.79 Å². The predicted octanol–water partition coefficient (Wildman–Crippen LogP) is 3.24. The Hall–Kier alpha value is -1.20. The minimum atomic E-state index is -0.0135. The molecule has 1 atom stereocenters. The first-order valence-electron chi connectivity index (χ1n) is 7.71. The number of carbonyl (C=O) groups excluding carboxylic acids is 1. The van der Waals surface area contributed by atoms with Crippen LogP contribution in [-0.4, -0.2) is 35.5 Å². The first-order valence-corrected chi connectivity index (χ1v) is 8.59. The molecule has 0 aromatic carbocycles. The van der Waals surface area contributed by atoms with Gasteiger partial charge in [0.2, 0.25) is 5.91 Å². The maximum absolute atomic E-state index is 12.7. The lowest BCUT2D eigenvalue weighted by atomic mass is 9.96. The third kappa shape index (κ3) is 3.52. The second-order valence-corrected chi connectivity index (χ2v) is 6.82. The second-order valence-electron chi connectivity index (χ2n) is 5.75. The van der Waals surface area contributed by atoms with Gasteiger partial charge >= 0.3 is 0 Å². The van der Waals surface area contributed by atoms with Gasteiger partial charge in [-0.05, 0) is 32.6 Å². The van der Waals surface area contributed by atoms with Gasteiger partial charge in [-0.25, -0.2) is 4.98 Å². The third-order valence-electron chi connectivity index (χ3n) is 4.19. The summed E-state index contributed by atoms with van der Waals surface area (Å²) in [7, 11) is 0. The van der Waals surface area contributed by atoms with Crippen molar-refractivity contribution in [2.75, 3.05) is 19.8 Å². The van der Waals surface area contributed by atoms with E-state index in [9.17, 15) is 4.79 Å². The van der Waals surface area contributed by atoms with Crippen molar-refractivity contribution in [3.63, 3.8) is 0 Å². The van der Waals surface area contributed by atoms with Crippen LogP contribution in [0.2, 0.25) is 0 Å². The van der Waals surface area contributed by atoms with Gasteiger partial charge in [-0.15, -0.1) is 11.3 Å². The number of allylic oxidation sites excluding steroid dienone is 1. The summed E-state index contributed by atoms with van der Waals surface area (Å²) in [6.07, 6.45) is 7.51. The van der Waals surface area contributed by atoms with Crippen molar-refractivity contribution in [1.29, 1.82) is 0 Å². The predicted molar refractivity (Wildman–Crippen MR) is 83.3 cm³/mol. The first-order chi connectivity index (χ1) is 10.2. The zero-order valence-corrected chi connectivity index (χ0v) is 13.3. The zero-order valence-electron chi connectivity index (χ0n) is 12.5. The fourth-order valence-electron chi connectivity index (χ4n) is 3.04. The maximum Gasteiger partial charge on any atom is 0.227 e. The summed E-state index contributed by atoms with van der Waals surface area (Å²) in [6, 6.07) is -0.0135. The minimum Gasteiger partial charge on any atom is -0.377 e. The van der Waals surface area contributed by atoms with E-state index < -0.39 is 0 Å². The molecule has 2 heterocycles. The average molecular weight is 306 g/mol. The summed E-state index contributed by atoms with van der Waals surface area (Å²) in [5.41, 5.74) is 2.29. The molecule has 2 aliphatic rings. The molecule has 1 amide bonds. The number of rotatable bonds is 3. The Bertz CT molecular complexity index is 538. The van der Waals surface area contributed by atoms with Crippen molar-refractivity contribution in [1.82, 2.24) is 9.88 Å². The van der Waals surface area contributed by atoms with E-state index >= 15 is 0 Å². The van der Waals surface area contributed by atoms with Crippen LogP contribution in [0.4, 0.5) is 0 Å². The minimum absolute atomic E-state index is 0.0135. The molecule has 1 aliphatic carbocycles. The van der Waals surface area contributed by atoms with E-state index in [2.05, 4.69) is 16.4 Å². The van der Waals surface area contributed by atoms with E-state index in [-0.39, 0.29) is 11.9 Å². The van der Waals surface area contributed by atoms with E-state index in [1.54, 1.807) is 11.3 Å². The monoisotopic (exact) mass is 306 g/mol. The molecule has 114 valence electrons. The highest BCUT2D eigenvalue weighted by molar-refractivity contribution is 7.09. The van der Waals surface area contributed by atoms with E-state index in [1.807, 2.05) is 11.8 Å². The van der Waals surface area contributed by atoms with Crippen LogP contribution in [0.1, 0.15) is 48.8 Å². The normalized spacial score (nSPS) is 23.0. The molecule has 1 aromatic rings. The molecule has 1 aliphatic heterocycles. The number of hydrogen-bond donors (Lipinski definition) is 0. The van der Waals surface area contributed by atoms with Crippen LogP contribution in [0.15, 0.2) is 17.0 Å². The third-order valence-corrected chi connectivity index (χ3v) is 4.98. The van der Waals surface area contributed by atoms with Crippen LogP contribution in [0.5, 0.6) is 0 Å². The van der Waals surface area contributed by atoms with E-state index in [0.29, 0.717) is 26.2 Å². The molecule has 0 saturated carbocycles. The van der Waals surface area contributed by atoms with Crippen LogP contribution in [-0.2, 0) is 9.53 Å². The molecule has 1 aromatic heterocycles. The molecular weight excluding hydrogens is 284 g/mol. The van der Waals surface area contributed by atoms with Crippen molar-refractivity contribution in [2.45, 2.75) is 45.1 Å². The summed E-state index contributed by atoms with van der Waals surface area (Å²) in [5, 5.41) is 3.09. The standard InChI is InChI=1S/C16H22N2O2S/c1-12-17-14(11-21-12)15-10-20-8-7-18(15)16(19)9-13-5-3-2-4-6-13/h5,11,15H,2-4,6-10H2,1H3. The molecule has 1 fully saturated rings. The summed E-state index contributed by atoms with van der Waals surface area (Å²) in [5.74, 6) is 0.224. The molecule has 0 spiro atoms. The number of morpholine rings is 1. The van der Waals surface area contributed by atoms with E-state index in [0.717, 1.165) is 23.5 Å². The zero-order chi connectivity index (χ0) is 14.7. The Balaban J connectivity index is 1.71. The van der Waals surface area contributed by atoms with Crippen LogP contribution in [0.25, 0.3) is 0 Å². The van der Waals surface area contributed by atoms with Crippen LogP contribution in [0.3, 0.4) is 0 Å². The van der Waals surface area contributed by atoms with Crippen LogP contribution >= 0.6 is 11.3 Å². The summed E-state index contributed by atoms with van der Waals surface area (Å²) in [6.45, 7) is 3.86. The lowest BCUT2D eigenvalue weighted by Gasteiger charge is -2.35. The Morgan fingerprint density at radius 3 is 3.14 bits per heavy atom. The number of thiazole rings is 1. The Morgan fingerprint density at radius 2 is 2.43 bits per heavy atom. The van der Waals surface area contributed by atoms with Gasteiger partial charge in [0.25, 0.3) is 0 Å². The number of aryl methyl sites for hydroxylation is 1. The second kappa shape index (κ2) is 6.71. The largest absolute Gasteiger partial charge is 0.377 e. The number of aromatic nitrogens is 1. The fourth-order valence-corrected chi connectivity index (χ4v) is 3.70. The van der Waals surface area contributed by atoms with Gasteiger partial charge in [0, 0.05) is 18.3 Å². The number of carbonyl (C=O) groups is 1. The Kier molecular flexibility index (Phi) is 4.70. The summed E-state index contributed by atoms with van der Waals surface area (Å²) in [4.78, 5) is 19.2. The van der Waals surface area contributed by atoms with Crippen LogP contribution in [0, 0.1) is 6.92 Å². The van der Waals surface area contributed by atoms with Crippen molar-refractivity contribution in [2.24, 2.45) is 0 Å². The molecule has 0 bridgehead atoms. The highest BCUT2D eigenvalue weighted by Gasteiger charge is 2.30. The molecule has 21 heavy (non-hydrogen) atoms. The first kappa shape index (κ1) is 14.7. The van der Waals surface area contributed by atoms with Crippen LogP contribution < -0.4 is 0 Å². The highest BCUT2D eigenvalue weighted by atomic mass is 32.1. The van der Waals surface area contributed by atoms with Gasteiger partial charge in [0.15, 0.2) is 0 Å². The molecule has 3 rings (SSSR count). The molecule has 5 heteroatoms. The van der Waals surface area contributed by atoms with Crippen molar-refractivity contribution in [3.05, 3.63) is 27.7 Å². The molecule has 4 nitrogen and oxygen atoms in total. The van der Waals surface area contributed by atoms with E-state index in [1.165, 1.54) is 18.4 Å². The molecule has 0 radical (unpaired) electrons. The Labute approximate surface area is 129 Å². The van der Waals surface area contributed by atoms with Gasteiger partial charge < -0.3 is 9.64 Å². The molecule has 0 N–H and O–H groups in total. The Morgan fingerprint density at radius 1 is 1.52 bits per heavy atom.